The van der Waals surface area contributed by atoms with Gasteiger partial charge in [0.2, 0.25) is 0 Å². The number of anilines is 2. The van der Waals surface area contributed by atoms with Crippen molar-refractivity contribution in [3.63, 3.8) is 0 Å². The van der Waals surface area contributed by atoms with Crippen LogP contribution in [0, 0.1) is 0 Å². The molecule has 0 fully saturated rings. The summed E-state index contributed by atoms with van der Waals surface area (Å²) >= 11 is 1.67. The summed E-state index contributed by atoms with van der Waals surface area (Å²) in [5.74, 6) is 0.829. The quantitative estimate of drug-likeness (QED) is 0.447. The van der Waals surface area contributed by atoms with Gasteiger partial charge in [-0.15, -0.1) is 31.5 Å². The fraction of sp³-hybridized carbons (Fsp3) is 0.200. The van der Waals surface area contributed by atoms with Gasteiger partial charge in [0, 0.05) is 21.9 Å². The zero-order valence-corrected chi connectivity index (χ0v) is 11.4. The first-order chi connectivity index (χ1) is 8.65. The zero-order chi connectivity index (χ0) is 13.5. The van der Waals surface area contributed by atoms with E-state index in [4.69, 9.17) is 11.5 Å². The van der Waals surface area contributed by atoms with Crippen molar-refractivity contribution in [1.82, 2.24) is 0 Å². The molecule has 0 aliphatic heterocycles. The van der Waals surface area contributed by atoms with Crippen LogP contribution in [0.2, 0.25) is 0 Å². The lowest BCUT2D eigenvalue weighted by Gasteiger charge is -2.16. The average molecular weight is 260 g/mol. The van der Waals surface area contributed by atoms with Gasteiger partial charge < -0.3 is 11.5 Å². The standard InChI is InChI=1S/C15H20N2S/c1-4-7-11-10-13(18-9-6-3)15(17)12(8-5-2)14(11)16/h4-6,10H,1-3,7-9,16-17H2. The smallest absolute Gasteiger partial charge is 0.0509 e. The number of benzene rings is 1. The summed E-state index contributed by atoms with van der Waals surface area (Å²) in [5, 5.41) is 0. The molecule has 0 radical (unpaired) electrons. The average Bonchev–Trinajstić information content (AvgIpc) is 2.36. The van der Waals surface area contributed by atoms with Gasteiger partial charge in [0.05, 0.1) is 5.69 Å². The molecule has 0 aliphatic rings. The summed E-state index contributed by atoms with van der Waals surface area (Å²) in [7, 11) is 0. The topological polar surface area (TPSA) is 52.0 Å². The van der Waals surface area contributed by atoms with Crippen molar-refractivity contribution in [2.24, 2.45) is 0 Å². The molecule has 0 aromatic heterocycles. The van der Waals surface area contributed by atoms with Gasteiger partial charge in [-0.25, -0.2) is 0 Å². The first-order valence-electron chi connectivity index (χ1n) is 5.80. The predicted molar refractivity (Wildman–Crippen MR) is 84.0 cm³/mol. The first-order valence-corrected chi connectivity index (χ1v) is 6.79. The van der Waals surface area contributed by atoms with E-state index in [2.05, 4.69) is 19.7 Å². The van der Waals surface area contributed by atoms with Crippen molar-refractivity contribution in [2.75, 3.05) is 17.2 Å². The van der Waals surface area contributed by atoms with Crippen molar-refractivity contribution in [1.29, 1.82) is 0 Å². The molecule has 18 heavy (non-hydrogen) atoms. The normalized spacial score (nSPS) is 10.0. The van der Waals surface area contributed by atoms with Crippen LogP contribution in [-0.4, -0.2) is 5.75 Å². The van der Waals surface area contributed by atoms with Crippen LogP contribution < -0.4 is 11.5 Å². The number of hydrogen-bond donors (Lipinski definition) is 2. The molecule has 1 aromatic carbocycles. The van der Waals surface area contributed by atoms with Crippen molar-refractivity contribution in [3.05, 3.63) is 55.2 Å². The highest BCUT2D eigenvalue weighted by Gasteiger charge is 2.12. The van der Waals surface area contributed by atoms with Crippen LogP contribution >= 0.6 is 11.8 Å². The van der Waals surface area contributed by atoms with Crippen LogP contribution in [-0.2, 0) is 12.8 Å². The lowest BCUT2D eigenvalue weighted by atomic mass is 10.0. The van der Waals surface area contributed by atoms with Crippen molar-refractivity contribution in [3.8, 4) is 0 Å². The number of nitrogen functional groups attached to an aromatic ring is 2. The maximum atomic E-state index is 6.17. The Hall–Kier alpha value is -1.61. The van der Waals surface area contributed by atoms with Crippen LogP contribution in [0.1, 0.15) is 11.1 Å². The SMILES string of the molecule is C=CCSc1cc(CC=C)c(N)c(CC=C)c1N. The molecule has 0 spiro atoms. The fourth-order valence-electron chi connectivity index (χ4n) is 1.76. The molecule has 0 saturated heterocycles. The zero-order valence-electron chi connectivity index (χ0n) is 10.6. The Labute approximate surface area is 113 Å². The molecular weight excluding hydrogens is 240 g/mol. The minimum Gasteiger partial charge on any atom is -0.398 e. The second-order valence-electron chi connectivity index (χ2n) is 3.93. The van der Waals surface area contributed by atoms with E-state index in [0.717, 1.165) is 39.6 Å². The molecule has 3 heteroatoms. The summed E-state index contributed by atoms with van der Waals surface area (Å²) < 4.78 is 0. The lowest BCUT2D eigenvalue weighted by molar-refractivity contribution is 1.18. The molecule has 1 aromatic rings. The second-order valence-corrected chi connectivity index (χ2v) is 4.99. The highest BCUT2D eigenvalue weighted by atomic mass is 32.2. The Balaban J connectivity index is 3.28. The van der Waals surface area contributed by atoms with Crippen LogP contribution in [0.3, 0.4) is 0 Å². The van der Waals surface area contributed by atoms with Crippen LogP contribution in [0.5, 0.6) is 0 Å². The van der Waals surface area contributed by atoms with Crippen molar-refractivity contribution in [2.45, 2.75) is 17.7 Å². The van der Waals surface area contributed by atoms with E-state index in [1.54, 1.807) is 11.8 Å². The van der Waals surface area contributed by atoms with Gasteiger partial charge >= 0.3 is 0 Å². The van der Waals surface area contributed by atoms with Crippen LogP contribution in [0.15, 0.2) is 48.9 Å². The Morgan fingerprint density at radius 2 is 1.67 bits per heavy atom. The summed E-state index contributed by atoms with van der Waals surface area (Å²) in [6, 6.07) is 2.05. The van der Waals surface area contributed by atoms with E-state index in [-0.39, 0.29) is 0 Å². The molecule has 2 nitrogen and oxygen atoms in total. The predicted octanol–water partition coefficient (Wildman–Crippen LogP) is 3.59. The van der Waals surface area contributed by atoms with Gasteiger partial charge in [0.15, 0.2) is 0 Å². The fourth-order valence-corrected chi connectivity index (χ4v) is 2.56. The minimum absolute atomic E-state index is 0.685. The Morgan fingerprint density at radius 3 is 2.22 bits per heavy atom. The molecule has 0 saturated carbocycles. The van der Waals surface area contributed by atoms with Gasteiger partial charge in [-0.05, 0) is 24.5 Å². The van der Waals surface area contributed by atoms with Gasteiger partial charge in [-0.1, -0.05) is 18.2 Å². The van der Waals surface area contributed by atoms with Crippen molar-refractivity contribution < 1.29 is 0 Å². The molecule has 0 bridgehead atoms. The van der Waals surface area contributed by atoms with Crippen LogP contribution in [0.25, 0.3) is 0 Å². The third-order valence-corrected chi connectivity index (χ3v) is 3.69. The van der Waals surface area contributed by atoms with Gasteiger partial charge in [-0.3, -0.25) is 0 Å². The number of rotatable bonds is 7. The molecule has 96 valence electrons. The summed E-state index contributed by atoms with van der Waals surface area (Å²) in [6.07, 6.45) is 6.96. The third kappa shape index (κ3) is 3.20. The third-order valence-electron chi connectivity index (χ3n) is 2.64. The van der Waals surface area contributed by atoms with Gasteiger partial charge in [0.25, 0.3) is 0 Å². The maximum Gasteiger partial charge on any atom is 0.0509 e. The first kappa shape index (κ1) is 14.5. The lowest BCUT2D eigenvalue weighted by Crippen LogP contribution is -2.05. The van der Waals surface area contributed by atoms with E-state index in [9.17, 15) is 0 Å². The molecule has 4 N–H and O–H groups in total. The molecule has 0 aliphatic carbocycles. The van der Waals surface area contributed by atoms with E-state index in [1.165, 1.54) is 0 Å². The molecule has 0 unspecified atom stereocenters. The number of thioether (sulfide) groups is 1. The highest BCUT2D eigenvalue weighted by Crippen LogP contribution is 2.35. The largest absolute Gasteiger partial charge is 0.398 e. The maximum absolute atomic E-state index is 6.17. The number of hydrogen-bond acceptors (Lipinski definition) is 3. The summed E-state index contributed by atoms with van der Waals surface area (Å²) in [6.45, 7) is 11.2. The number of allylic oxidation sites excluding steroid dienone is 2. The van der Waals surface area contributed by atoms with Crippen LogP contribution in [0.4, 0.5) is 11.4 Å². The van der Waals surface area contributed by atoms with Gasteiger partial charge in [-0.2, -0.15) is 0 Å². The van der Waals surface area contributed by atoms with E-state index in [1.807, 2.05) is 24.3 Å². The Morgan fingerprint density at radius 1 is 1.00 bits per heavy atom. The Bertz CT molecular complexity index is 464. The van der Waals surface area contributed by atoms with Crippen molar-refractivity contribution >= 4 is 23.1 Å². The van der Waals surface area contributed by atoms with E-state index < -0.39 is 0 Å². The van der Waals surface area contributed by atoms with Gasteiger partial charge in [0.1, 0.15) is 0 Å². The number of nitrogens with two attached hydrogens (primary N) is 2. The molecule has 0 atom stereocenters. The summed E-state index contributed by atoms with van der Waals surface area (Å²) in [5.41, 5.74) is 15.9. The second kappa shape index (κ2) is 6.97. The molecular formula is C15H20N2S. The minimum atomic E-state index is 0.685. The molecule has 1 rings (SSSR count). The monoisotopic (exact) mass is 260 g/mol. The summed E-state index contributed by atoms with van der Waals surface area (Å²) in [4.78, 5) is 1.05. The Kier molecular flexibility index (Phi) is 5.59. The van der Waals surface area contributed by atoms with E-state index >= 15 is 0 Å². The molecule has 0 heterocycles. The van der Waals surface area contributed by atoms with E-state index in [0.29, 0.717) is 6.42 Å². The molecule has 0 amide bonds. The highest BCUT2D eigenvalue weighted by molar-refractivity contribution is 7.99.